The molecule has 0 aliphatic carbocycles. The van der Waals surface area contributed by atoms with E-state index in [0.717, 1.165) is 5.52 Å². The second kappa shape index (κ2) is 11.9. The van der Waals surface area contributed by atoms with Crippen LogP contribution in [0.2, 0.25) is 0 Å². The number of rotatable bonds is 9. The molecule has 1 N–H and O–H groups in total. The zero-order valence-electron chi connectivity index (χ0n) is 26.9. The molecule has 3 aromatic rings. The van der Waals surface area contributed by atoms with E-state index >= 15 is 0 Å². The highest BCUT2D eigenvalue weighted by Crippen LogP contribution is 2.59. The summed E-state index contributed by atoms with van der Waals surface area (Å²) >= 11 is 0. The minimum Gasteiger partial charge on any atom is -0.494 e. The zero-order chi connectivity index (χ0) is 32.9. The Bertz CT molecular complexity index is 1750. The number of aliphatic hydroxyl groups excluding tert-OH is 1. The first kappa shape index (κ1) is 31.1. The van der Waals surface area contributed by atoms with Crippen molar-refractivity contribution in [3.8, 4) is 5.75 Å². The molecule has 0 bridgehead atoms. The Labute approximate surface area is 273 Å². The second-order valence-corrected chi connectivity index (χ2v) is 12.6. The van der Waals surface area contributed by atoms with Gasteiger partial charge in [-0.15, -0.1) is 5.10 Å². The SMILES string of the molecule is CCOc1ccc(N2CC=C[C@]3(CC)O[C@]45C=CCN(Cn6nnc7ccccc76)C(=O)C4N([C@@H](CC)CO)C(=O)[C@@H]5[C@@H]3C2=O)cc1. The number of nitrogens with zero attached hydrogens (tertiary/aromatic N) is 6. The van der Waals surface area contributed by atoms with E-state index in [-0.39, 0.29) is 37.5 Å². The zero-order valence-corrected chi connectivity index (χ0v) is 26.9. The molecule has 1 spiro atoms. The molecule has 3 amide bonds. The Morgan fingerprint density at radius 1 is 0.957 bits per heavy atom. The highest BCUT2D eigenvalue weighted by atomic mass is 16.5. The fourth-order valence-corrected chi connectivity index (χ4v) is 7.98. The topological polar surface area (TPSA) is 130 Å². The summed E-state index contributed by atoms with van der Waals surface area (Å²) in [5, 5.41) is 19.0. The number of anilines is 1. The van der Waals surface area contributed by atoms with Crippen molar-refractivity contribution < 1.29 is 29.0 Å². The maximum absolute atomic E-state index is 14.8. The number of carbonyl (C=O) groups excluding carboxylic acids is 3. The van der Waals surface area contributed by atoms with Gasteiger partial charge in [0.05, 0.1) is 42.2 Å². The molecule has 0 radical (unpaired) electrons. The van der Waals surface area contributed by atoms with E-state index in [1.54, 1.807) is 14.5 Å². The molecule has 1 aromatic heterocycles. The summed E-state index contributed by atoms with van der Waals surface area (Å²) in [6.45, 7) is 6.57. The highest BCUT2D eigenvalue weighted by molar-refractivity contribution is 6.04. The number of fused-ring (bicyclic) bond motifs is 3. The van der Waals surface area contributed by atoms with Crippen molar-refractivity contribution in [3.63, 3.8) is 0 Å². The molecule has 12 nitrogen and oxygen atoms in total. The third-order valence-corrected chi connectivity index (χ3v) is 10.2. The van der Waals surface area contributed by atoms with Gasteiger partial charge in [0.25, 0.3) is 5.91 Å². The number of para-hydroxylation sites is 1. The molecule has 4 aliphatic heterocycles. The van der Waals surface area contributed by atoms with E-state index < -0.39 is 35.1 Å². The molecule has 5 heterocycles. The van der Waals surface area contributed by atoms with Crippen LogP contribution >= 0.6 is 0 Å². The maximum atomic E-state index is 14.8. The second-order valence-electron chi connectivity index (χ2n) is 12.6. The lowest BCUT2D eigenvalue weighted by atomic mass is 9.73. The number of benzene rings is 2. The third-order valence-electron chi connectivity index (χ3n) is 10.2. The van der Waals surface area contributed by atoms with Crippen molar-refractivity contribution in [2.45, 2.75) is 63.6 Å². The van der Waals surface area contributed by atoms with Crippen LogP contribution in [-0.4, -0.2) is 97.2 Å². The van der Waals surface area contributed by atoms with Gasteiger partial charge in [0.1, 0.15) is 29.6 Å². The van der Waals surface area contributed by atoms with Gasteiger partial charge < -0.3 is 29.3 Å². The van der Waals surface area contributed by atoms with Gasteiger partial charge in [0.15, 0.2) is 0 Å². The number of aliphatic hydroxyl groups is 1. The van der Waals surface area contributed by atoms with Crippen LogP contribution in [0.4, 0.5) is 5.69 Å². The van der Waals surface area contributed by atoms with Gasteiger partial charge in [-0.05, 0) is 56.2 Å². The summed E-state index contributed by atoms with van der Waals surface area (Å²) < 4.78 is 14.4. The van der Waals surface area contributed by atoms with Gasteiger partial charge in [0.2, 0.25) is 11.8 Å². The summed E-state index contributed by atoms with van der Waals surface area (Å²) in [7, 11) is 0. The van der Waals surface area contributed by atoms with E-state index in [4.69, 9.17) is 9.47 Å². The minimum absolute atomic E-state index is 0.103. The first-order chi connectivity index (χ1) is 22.8. The van der Waals surface area contributed by atoms with Crippen molar-refractivity contribution in [1.29, 1.82) is 0 Å². The molecular weight excluding hydrogens is 600 g/mol. The smallest absolute Gasteiger partial charge is 0.250 e. The molecule has 47 heavy (non-hydrogen) atoms. The molecule has 1 unspecified atom stereocenters. The van der Waals surface area contributed by atoms with Gasteiger partial charge in [-0.2, -0.15) is 0 Å². The third kappa shape index (κ3) is 4.68. The Hall–Kier alpha value is -4.55. The average Bonchev–Trinajstić information content (AvgIpc) is 3.63. The molecule has 7 rings (SSSR count). The van der Waals surface area contributed by atoms with E-state index in [9.17, 15) is 19.5 Å². The number of likely N-dealkylation sites (tertiary alicyclic amines) is 1. The van der Waals surface area contributed by atoms with Gasteiger partial charge >= 0.3 is 0 Å². The molecule has 12 heteroatoms. The van der Waals surface area contributed by atoms with Crippen LogP contribution in [0.15, 0.2) is 72.8 Å². The Morgan fingerprint density at radius 2 is 1.72 bits per heavy atom. The summed E-state index contributed by atoms with van der Waals surface area (Å²) in [6.07, 6.45) is 8.35. The summed E-state index contributed by atoms with van der Waals surface area (Å²) in [5.41, 5.74) is -0.396. The van der Waals surface area contributed by atoms with Gasteiger partial charge in [-0.1, -0.05) is 55.5 Å². The number of hydrogen-bond donors (Lipinski definition) is 1. The molecule has 246 valence electrons. The lowest BCUT2D eigenvalue weighted by Gasteiger charge is -2.40. The summed E-state index contributed by atoms with van der Waals surface area (Å²) in [6, 6.07) is 13.1. The van der Waals surface area contributed by atoms with Crippen LogP contribution in [0.25, 0.3) is 11.0 Å². The van der Waals surface area contributed by atoms with Gasteiger partial charge in [0, 0.05) is 18.8 Å². The van der Waals surface area contributed by atoms with Crippen molar-refractivity contribution in [2.24, 2.45) is 11.8 Å². The summed E-state index contributed by atoms with van der Waals surface area (Å²) in [5.74, 6) is -2.13. The fourth-order valence-electron chi connectivity index (χ4n) is 7.98. The van der Waals surface area contributed by atoms with Crippen LogP contribution in [-0.2, 0) is 25.8 Å². The lowest BCUT2D eigenvalue weighted by molar-refractivity contribution is -0.156. The summed E-state index contributed by atoms with van der Waals surface area (Å²) in [4.78, 5) is 49.1. The first-order valence-electron chi connectivity index (χ1n) is 16.4. The van der Waals surface area contributed by atoms with E-state index in [1.807, 2.05) is 93.6 Å². The molecular formula is C35H40N6O6. The fraction of sp³-hybridized carbons (Fsp3) is 0.457. The number of hydrogen-bond acceptors (Lipinski definition) is 8. The molecule has 2 aromatic carbocycles. The van der Waals surface area contributed by atoms with Crippen LogP contribution in [0, 0.1) is 11.8 Å². The lowest BCUT2D eigenvalue weighted by Crippen LogP contribution is -2.59. The normalized spacial score (nSPS) is 29.1. The van der Waals surface area contributed by atoms with Crippen LogP contribution in [0.3, 0.4) is 0 Å². The van der Waals surface area contributed by atoms with Gasteiger partial charge in [-0.3, -0.25) is 14.4 Å². The maximum Gasteiger partial charge on any atom is 0.250 e. The van der Waals surface area contributed by atoms with Crippen LogP contribution in [0.1, 0.15) is 33.6 Å². The van der Waals surface area contributed by atoms with E-state index in [2.05, 4.69) is 10.3 Å². The first-order valence-corrected chi connectivity index (χ1v) is 16.4. The standard InChI is InChI=1S/C35H40N6O6/c1-4-23(21-42)41-30-33(45)38(22-40-27-12-8-7-11-26(27)36-37-40)19-10-18-35(30)29(32(41)44)28-31(43)39(20-9-17-34(28,5-2)47-35)24-13-15-25(16-14-24)46-6-3/h7-18,23,28-30,42H,4-6,19-22H2,1-3H3/t23-,28+,29-,30?,34-,35-/m0/s1. The van der Waals surface area contributed by atoms with Crippen molar-refractivity contribution in [1.82, 2.24) is 24.8 Å². The van der Waals surface area contributed by atoms with Crippen LogP contribution in [0.5, 0.6) is 5.75 Å². The monoisotopic (exact) mass is 640 g/mol. The molecule has 2 fully saturated rings. The van der Waals surface area contributed by atoms with Crippen LogP contribution < -0.4 is 9.64 Å². The number of carbonyl (C=O) groups is 3. The van der Waals surface area contributed by atoms with E-state index in [1.165, 1.54) is 4.90 Å². The van der Waals surface area contributed by atoms with Crippen molar-refractivity contribution in [3.05, 3.63) is 72.8 Å². The Kier molecular flexibility index (Phi) is 7.88. The van der Waals surface area contributed by atoms with Gasteiger partial charge in [-0.25, -0.2) is 4.68 Å². The van der Waals surface area contributed by atoms with E-state index in [0.29, 0.717) is 42.9 Å². The molecule has 2 saturated heterocycles. The Morgan fingerprint density at radius 3 is 2.45 bits per heavy atom. The number of aromatic nitrogens is 3. The van der Waals surface area contributed by atoms with Crippen molar-refractivity contribution in [2.75, 3.05) is 31.2 Å². The molecule has 4 aliphatic rings. The quantitative estimate of drug-likeness (QED) is 0.354. The molecule has 0 saturated carbocycles. The minimum atomic E-state index is -1.43. The number of ether oxygens (including phenoxy) is 2. The predicted octanol–water partition coefficient (Wildman–Crippen LogP) is 2.92. The largest absolute Gasteiger partial charge is 0.494 e. The van der Waals surface area contributed by atoms with Crippen molar-refractivity contribution >= 4 is 34.4 Å². The predicted molar refractivity (Wildman–Crippen MR) is 173 cm³/mol. The highest BCUT2D eigenvalue weighted by Gasteiger charge is 2.76. The average molecular weight is 641 g/mol. The molecule has 6 atom stereocenters. The number of amides is 3. The Balaban J connectivity index is 1.31.